The molecule has 2 aromatic carbocycles. The monoisotopic (exact) mass is 434 g/mol. The maximum atomic E-state index is 13.1. The van der Waals surface area contributed by atoms with Crippen LogP contribution in [-0.2, 0) is 9.59 Å². The molecule has 2 amide bonds. The van der Waals surface area contributed by atoms with E-state index < -0.39 is 11.8 Å². The Hall–Kier alpha value is -2.41. The molecule has 0 aliphatic carbocycles. The molecule has 1 N–H and O–H groups in total. The van der Waals surface area contributed by atoms with Crippen molar-refractivity contribution in [1.29, 1.82) is 0 Å². The number of thiocarbonyl (C=S) groups is 1. The SMILES string of the molecule is COc1cc(C)c(/C=C2\C(=O)NC(=S)N(c3cccc(Cl)c3Cl)C2=O)cc1C. The van der Waals surface area contributed by atoms with E-state index in [0.29, 0.717) is 5.69 Å². The van der Waals surface area contributed by atoms with Gasteiger partial charge in [-0.1, -0.05) is 29.3 Å². The first kappa shape index (κ1) is 20.3. The molecule has 3 rings (SSSR count). The van der Waals surface area contributed by atoms with Crippen LogP contribution in [0.1, 0.15) is 16.7 Å². The topological polar surface area (TPSA) is 58.6 Å². The summed E-state index contributed by atoms with van der Waals surface area (Å²) >= 11 is 17.5. The molecular weight excluding hydrogens is 419 g/mol. The highest BCUT2D eigenvalue weighted by Gasteiger charge is 2.35. The van der Waals surface area contributed by atoms with Gasteiger partial charge in [-0.3, -0.25) is 19.8 Å². The van der Waals surface area contributed by atoms with Gasteiger partial charge in [0.15, 0.2) is 5.11 Å². The Labute approximate surface area is 177 Å². The lowest BCUT2D eigenvalue weighted by Crippen LogP contribution is -2.54. The number of methoxy groups -OCH3 is 1. The summed E-state index contributed by atoms with van der Waals surface area (Å²) in [7, 11) is 1.59. The standard InChI is InChI=1S/C20H16Cl2N2O3S/c1-10-8-16(27-3)11(2)7-12(10)9-13-18(25)23-20(28)24(19(13)26)15-6-4-5-14(21)17(15)22/h4-9H,1-3H3,(H,23,25,28)/b13-9+. The number of hydrogen-bond donors (Lipinski definition) is 1. The number of rotatable bonds is 3. The lowest BCUT2D eigenvalue weighted by Gasteiger charge is -2.29. The van der Waals surface area contributed by atoms with Crippen LogP contribution in [0.4, 0.5) is 5.69 Å². The van der Waals surface area contributed by atoms with Crippen LogP contribution in [0.25, 0.3) is 6.08 Å². The van der Waals surface area contributed by atoms with Crippen LogP contribution in [0.15, 0.2) is 35.9 Å². The first-order chi connectivity index (χ1) is 13.2. The van der Waals surface area contributed by atoms with Crippen molar-refractivity contribution in [2.75, 3.05) is 12.0 Å². The number of benzene rings is 2. The molecular formula is C20H16Cl2N2O3S. The van der Waals surface area contributed by atoms with Crippen LogP contribution >= 0.6 is 35.4 Å². The summed E-state index contributed by atoms with van der Waals surface area (Å²) in [5, 5.41) is 2.93. The molecule has 0 aromatic heterocycles. The molecule has 1 aliphatic rings. The number of anilines is 1. The average Bonchev–Trinajstić information content (AvgIpc) is 2.64. The van der Waals surface area contributed by atoms with Gasteiger partial charge in [-0.05, 0) is 73.1 Å². The van der Waals surface area contributed by atoms with Gasteiger partial charge in [0.05, 0.1) is 22.8 Å². The summed E-state index contributed by atoms with van der Waals surface area (Å²) < 4.78 is 5.31. The summed E-state index contributed by atoms with van der Waals surface area (Å²) in [4.78, 5) is 26.8. The normalized spacial score (nSPS) is 15.8. The first-order valence-corrected chi connectivity index (χ1v) is 9.41. The fraction of sp³-hybridized carbons (Fsp3) is 0.150. The van der Waals surface area contributed by atoms with Gasteiger partial charge >= 0.3 is 0 Å². The molecule has 1 heterocycles. The van der Waals surface area contributed by atoms with Crippen LogP contribution < -0.4 is 15.0 Å². The zero-order valence-electron chi connectivity index (χ0n) is 15.3. The van der Waals surface area contributed by atoms with Gasteiger partial charge in [-0.15, -0.1) is 0 Å². The second-order valence-electron chi connectivity index (χ2n) is 6.21. The number of amides is 2. The van der Waals surface area contributed by atoms with Gasteiger partial charge in [0, 0.05) is 0 Å². The molecule has 2 aromatic rings. The van der Waals surface area contributed by atoms with Gasteiger partial charge in [-0.2, -0.15) is 0 Å². The van der Waals surface area contributed by atoms with Crippen molar-refractivity contribution < 1.29 is 14.3 Å². The number of hydrogen-bond acceptors (Lipinski definition) is 4. The summed E-state index contributed by atoms with van der Waals surface area (Å²) in [5.74, 6) is -0.421. The molecule has 28 heavy (non-hydrogen) atoms. The van der Waals surface area contributed by atoms with Gasteiger partial charge in [0.25, 0.3) is 11.8 Å². The summed E-state index contributed by atoms with van der Waals surface area (Å²) in [6, 6.07) is 8.56. The molecule has 0 radical (unpaired) electrons. The Morgan fingerprint density at radius 1 is 1.14 bits per heavy atom. The largest absolute Gasteiger partial charge is 0.496 e. The van der Waals surface area contributed by atoms with Crippen molar-refractivity contribution in [3.05, 3.63) is 62.6 Å². The van der Waals surface area contributed by atoms with E-state index in [-0.39, 0.29) is 20.7 Å². The van der Waals surface area contributed by atoms with E-state index in [9.17, 15) is 9.59 Å². The van der Waals surface area contributed by atoms with Crippen LogP contribution in [0.3, 0.4) is 0 Å². The van der Waals surface area contributed by atoms with E-state index in [2.05, 4.69) is 5.32 Å². The van der Waals surface area contributed by atoms with Gasteiger partial charge in [-0.25, -0.2) is 0 Å². The third-order valence-corrected chi connectivity index (χ3v) is 5.45. The molecule has 5 nitrogen and oxygen atoms in total. The number of ether oxygens (including phenoxy) is 1. The quantitative estimate of drug-likeness (QED) is 0.440. The number of halogens is 2. The maximum Gasteiger partial charge on any atom is 0.270 e. The Morgan fingerprint density at radius 3 is 2.54 bits per heavy atom. The molecule has 1 aliphatic heterocycles. The zero-order valence-corrected chi connectivity index (χ0v) is 17.6. The zero-order chi connectivity index (χ0) is 20.6. The minimum absolute atomic E-state index is 0.0565. The third kappa shape index (κ3) is 3.63. The van der Waals surface area contributed by atoms with Gasteiger partial charge in [0.2, 0.25) is 0 Å². The number of nitrogens with zero attached hydrogens (tertiary/aromatic N) is 1. The van der Waals surface area contributed by atoms with Gasteiger partial charge < -0.3 is 4.74 Å². The summed E-state index contributed by atoms with van der Waals surface area (Å²) in [5.41, 5.74) is 2.71. The molecule has 0 saturated carbocycles. The number of carbonyl (C=O) groups is 2. The molecule has 0 unspecified atom stereocenters. The highest BCUT2D eigenvalue weighted by molar-refractivity contribution is 7.80. The molecule has 144 valence electrons. The van der Waals surface area contributed by atoms with E-state index in [1.165, 1.54) is 11.0 Å². The molecule has 0 bridgehead atoms. The van der Waals surface area contributed by atoms with Crippen LogP contribution in [0, 0.1) is 13.8 Å². The minimum Gasteiger partial charge on any atom is -0.496 e. The summed E-state index contributed by atoms with van der Waals surface area (Å²) in [6.45, 7) is 3.76. The van der Waals surface area contributed by atoms with Crippen LogP contribution in [0.2, 0.25) is 10.0 Å². The fourth-order valence-corrected chi connectivity index (χ4v) is 3.54. The Bertz CT molecular complexity index is 1050. The second-order valence-corrected chi connectivity index (χ2v) is 7.38. The fourth-order valence-electron chi connectivity index (χ4n) is 2.88. The van der Waals surface area contributed by atoms with Crippen LogP contribution in [-0.4, -0.2) is 24.0 Å². The smallest absolute Gasteiger partial charge is 0.270 e. The minimum atomic E-state index is -0.578. The van der Waals surface area contributed by atoms with Crippen molar-refractivity contribution in [2.24, 2.45) is 0 Å². The van der Waals surface area contributed by atoms with E-state index in [4.69, 9.17) is 40.2 Å². The van der Waals surface area contributed by atoms with E-state index >= 15 is 0 Å². The Kier molecular flexibility index (Phi) is 5.74. The van der Waals surface area contributed by atoms with E-state index in [1.807, 2.05) is 26.0 Å². The Balaban J connectivity index is 2.09. The molecule has 1 saturated heterocycles. The molecule has 1 fully saturated rings. The van der Waals surface area contributed by atoms with Crippen molar-refractivity contribution >= 4 is 64.1 Å². The highest BCUT2D eigenvalue weighted by Crippen LogP contribution is 2.34. The third-order valence-electron chi connectivity index (χ3n) is 4.36. The Morgan fingerprint density at radius 2 is 1.86 bits per heavy atom. The van der Waals surface area contributed by atoms with E-state index in [1.54, 1.807) is 25.3 Å². The summed E-state index contributed by atoms with van der Waals surface area (Å²) in [6.07, 6.45) is 1.53. The predicted octanol–water partition coefficient (Wildman–Crippen LogP) is 4.45. The highest BCUT2D eigenvalue weighted by atomic mass is 35.5. The van der Waals surface area contributed by atoms with Crippen molar-refractivity contribution in [2.45, 2.75) is 13.8 Å². The molecule has 8 heteroatoms. The molecule has 0 spiro atoms. The predicted molar refractivity (Wildman–Crippen MR) is 115 cm³/mol. The van der Waals surface area contributed by atoms with E-state index in [0.717, 1.165) is 22.4 Å². The van der Waals surface area contributed by atoms with Crippen molar-refractivity contribution in [1.82, 2.24) is 5.32 Å². The van der Waals surface area contributed by atoms with Crippen molar-refractivity contribution in [3.8, 4) is 5.75 Å². The maximum absolute atomic E-state index is 13.1. The molecule has 0 atom stereocenters. The van der Waals surface area contributed by atoms with Gasteiger partial charge in [0.1, 0.15) is 11.3 Å². The number of nitrogens with one attached hydrogen (secondary N) is 1. The second kappa shape index (κ2) is 7.91. The lowest BCUT2D eigenvalue weighted by atomic mass is 10.0. The first-order valence-electron chi connectivity index (χ1n) is 8.25. The lowest BCUT2D eigenvalue weighted by molar-refractivity contribution is -0.122. The van der Waals surface area contributed by atoms with Crippen molar-refractivity contribution in [3.63, 3.8) is 0 Å². The number of aryl methyl sites for hydroxylation is 2. The number of carbonyl (C=O) groups excluding carboxylic acids is 2. The van der Waals surface area contributed by atoms with Crippen LogP contribution in [0.5, 0.6) is 5.75 Å². The average molecular weight is 435 g/mol.